The fraction of sp³-hybridized carbons (Fsp3) is 0.0769. The molecule has 88 valence electrons. The summed E-state index contributed by atoms with van der Waals surface area (Å²) >= 11 is 3.36. The second-order valence-corrected chi connectivity index (χ2v) is 4.69. The summed E-state index contributed by atoms with van der Waals surface area (Å²) in [5.74, 6) is -0.290. The molecule has 0 amide bonds. The normalized spacial score (nSPS) is 10.3. The summed E-state index contributed by atoms with van der Waals surface area (Å²) in [4.78, 5) is 0. The van der Waals surface area contributed by atoms with Gasteiger partial charge in [-0.15, -0.1) is 0 Å². The van der Waals surface area contributed by atoms with Crippen molar-refractivity contribution in [2.75, 3.05) is 11.1 Å². The maximum atomic E-state index is 13.1. The van der Waals surface area contributed by atoms with E-state index in [0.29, 0.717) is 11.4 Å². The standard InChI is InChI=1S/C13H12BrFN2/c1-8-2-5-11(16)13(6-8)17-12-7-9(15)3-4-10(12)14/h2-7,17H,16H2,1H3. The molecule has 0 fully saturated rings. The first-order valence-electron chi connectivity index (χ1n) is 5.14. The molecule has 2 rings (SSSR count). The van der Waals surface area contributed by atoms with E-state index in [4.69, 9.17) is 5.73 Å². The molecule has 0 saturated carbocycles. The number of halogens is 2. The van der Waals surface area contributed by atoms with E-state index in [2.05, 4.69) is 21.2 Å². The largest absolute Gasteiger partial charge is 0.397 e. The van der Waals surface area contributed by atoms with Crippen molar-refractivity contribution in [1.82, 2.24) is 0 Å². The molecule has 3 N–H and O–H groups in total. The van der Waals surface area contributed by atoms with Gasteiger partial charge < -0.3 is 11.1 Å². The molecule has 0 unspecified atom stereocenters. The molecule has 17 heavy (non-hydrogen) atoms. The molecule has 2 aromatic rings. The van der Waals surface area contributed by atoms with Gasteiger partial charge in [0.25, 0.3) is 0 Å². The first kappa shape index (κ1) is 11.9. The van der Waals surface area contributed by atoms with Crippen LogP contribution in [-0.4, -0.2) is 0 Å². The molecule has 0 aliphatic rings. The Morgan fingerprint density at radius 2 is 1.88 bits per heavy atom. The molecule has 2 aromatic carbocycles. The van der Waals surface area contributed by atoms with E-state index in [9.17, 15) is 4.39 Å². The van der Waals surface area contributed by atoms with Crippen LogP contribution < -0.4 is 11.1 Å². The van der Waals surface area contributed by atoms with Crippen LogP contribution in [0.2, 0.25) is 0 Å². The maximum absolute atomic E-state index is 13.1. The van der Waals surface area contributed by atoms with Crippen LogP contribution in [-0.2, 0) is 0 Å². The Morgan fingerprint density at radius 3 is 2.65 bits per heavy atom. The topological polar surface area (TPSA) is 38.0 Å². The third kappa shape index (κ3) is 2.77. The summed E-state index contributed by atoms with van der Waals surface area (Å²) in [5, 5.41) is 3.11. The van der Waals surface area contributed by atoms with Gasteiger partial charge in [0.15, 0.2) is 0 Å². The number of nitrogen functional groups attached to an aromatic ring is 1. The zero-order valence-electron chi connectivity index (χ0n) is 9.30. The molecule has 0 radical (unpaired) electrons. The monoisotopic (exact) mass is 294 g/mol. The van der Waals surface area contributed by atoms with Crippen molar-refractivity contribution in [3.05, 3.63) is 52.3 Å². The van der Waals surface area contributed by atoms with Crippen LogP contribution in [0.3, 0.4) is 0 Å². The Balaban J connectivity index is 2.37. The van der Waals surface area contributed by atoms with E-state index in [0.717, 1.165) is 15.7 Å². The summed E-state index contributed by atoms with van der Waals surface area (Å²) in [6, 6.07) is 10.2. The van der Waals surface area contributed by atoms with Gasteiger partial charge in [-0.05, 0) is 58.7 Å². The molecule has 0 aromatic heterocycles. The van der Waals surface area contributed by atoms with Gasteiger partial charge >= 0.3 is 0 Å². The van der Waals surface area contributed by atoms with Crippen molar-refractivity contribution in [3.63, 3.8) is 0 Å². The van der Waals surface area contributed by atoms with Gasteiger partial charge in [-0.2, -0.15) is 0 Å². The summed E-state index contributed by atoms with van der Waals surface area (Å²) in [6.07, 6.45) is 0. The highest BCUT2D eigenvalue weighted by atomic mass is 79.9. The lowest BCUT2D eigenvalue weighted by Crippen LogP contribution is -1.97. The second kappa shape index (κ2) is 4.75. The molecule has 2 nitrogen and oxygen atoms in total. The fourth-order valence-corrected chi connectivity index (χ4v) is 1.86. The first-order chi connectivity index (χ1) is 8.06. The minimum atomic E-state index is -0.290. The molecule has 0 heterocycles. The van der Waals surface area contributed by atoms with Gasteiger partial charge in [-0.3, -0.25) is 0 Å². The average molecular weight is 295 g/mol. The molecular formula is C13H12BrFN2. The molecule has 0 atom stereocenters. The first-order valence-corrected chi connectivity index (χ1v) is 5.94. The molecule has 0 aliphatic heterocycles. The van der Waals surface area contributed by atoms with Crippen molar-refractivity contribution in [3.8, 4) is 0 Å². The smallest absolute Gasteiger partial charge is 0.125 e. The van der Waals surface area contributed by atoms with E-state index < -0.39 is 0 Å². The summed E-state index contributed by atoms with van der Waals surface area (Å²) in [5.41, 5.74) is 9.01. The zero-order valence-corrected chi connectivity index (χ0v) is 10.9. The second-order valence-electron chi connectivity index (χ2n) is 3.84. The highest BCUT2D eigenvalue weighted by Gasteiger charge is 2.04. The van der Waals surface area contributed by atoms with Crippen molar-refractivity contribution in [1.29, 1.82) is 0 Å². The van der Waals surface area contributed by atoms with E-state index in [1.807, 2.05) is 25.1 Å². The number of aryl methyl sites for hydroxylation is 1. The summed E-state index contributed by atoms with van der Waals surface area (Å²) in [7, 11) is 0. The lowest BCUT2D eigenvalue weighted by Gasteiger charge is -2.11. The molecule has 0 aliphatic carbocycles. The van der Waals surface area contributed by atoms with Gasteiger partial charge in [0.2, 0.25) is 0 Å². The molecule has 0 spiro atoms. The summed E-state index contributed by atoms with van der Waals surface area (Å²) < 4.78 is 13.9. The highest BCUT2D eigenvalue weighted by molar-refractivity contribution is 9.10. The number of rotatable bonds is 2. The van der Waals surface area contributed by atoms with Crippen molar-refractivity contribution < 1.29 is 4.39 Å². The number of anilines is 3. The van der Waals surface area contributed by atoms with Gasteiger partial charge in [0.05, 0.1) is 17.1 Å². The Bertz CT molecular complexity index is 506. The molecule has 0 saturated heterocycles. The van der Waals surface area contributed by atoms with Gasteiger partial charge in [-0.25, -0.2) is 4.39 Å². The van der Waals surface area contributed by atoms with E-state index in [1.165, 1.54) is 12.1 Å². The molecule has 0 bridgehead atoms. The number of hydrogen-bond acceptors (Lipinski definition) is 2. The van der Waals surface area contributed by atoms with Crippen LogP contribution in [0, 0.1) is 12.7 Å². The number of nitrogens with one attached hydrogen (secondary N) is 1. The van der Waals surface area contributed by atoms with Gasteiger partial charge in [0.1, 0.15) is 5.82 Å². The molecular weight excluding hydrogens is 283 g/mol. The maximum Gasteiger partial charge on any atom is 0.125 e. The van der Waals surface area contributed by atoms with Crippen LogP contribution in [0.15, 0.2) is 40.9 Å². The van der Waals surface area contributed by atoms with Crippen LogP contribution in [0.5, 0.6) is 0 Å². The average Bonchev–Trinajstić information content (AvgIpc) is 2.28. The zero-order chi connectivity index (χ0) is 12.4. The third-order valence-electron chi connectivity index (χ3n) is 2.41. The Hall–Kier alpha value is -1.55. The highest BCUT2D eigenvalue weighted by Crippen LogP contribution is 2.29. The predicted molar refractivity (Wildman–Crippen MR) is 73.0 cm³/mol. The predicted octanol–water partition coefficient (Wildman–Crippen LogP) is 4.22. The number of hydrogen-bond donors (Lipinski definition) is 2. The van der Waals surface area contributed by atoms with E-state index in [-0.39, 0.29) is 5.82 Å². The Labute approximate surface area is 108 Å². The lowest BCUT2D eigenvalue weighted by atomic mass is 10.2. The fourth-order valence-electron chi connectivity index (χ4n) is 1.52. The van der Waals surface area contributed by atoms with Crippen molar-refractivity contribution in [2.45, 2.75) is 6.92 Å². The Kier molecular flexibility index (Phi) is 3.33. The number of benzene rings is 2. The van der Waals surface area contributed by atoms with Gasteiger partial charge in [0, 0.05) is 4.47 Å². The minimum Gasteiger partial charge on any atom is -0.397 e. The van der Waals surface area contributed by atoms with Crippen LogP contribution in [0.1, 0.15) is 5.56 Å². The quantitative estimate of drug-likeness (QED) is 0.814. The SMILES string of the molecule is Cc1ccc(N)c(Nc2cc(F)ccc2Br)c1. The van der Waals surface area contributed by atoms with Crippen molar-refractivity contribution >= 4 is 33.0 Å². The summed E-state index contributed by atoms with van der Waals surface area (Å²) in [6.45, 7) is 1.98. The molecule has 4 heteroatoms. The lowest BCUT2D eigenvalue weighted by molar-refractivity contribution is 0.628. The Morgan fingerprint density at radius 1 is 1.12 bits per heavy atom. The van der Waals surface area contributed by atoms with Gasteiger partial charge in [-0.1, -0.05) is 6.07 Å². The van der Waals surface area contributed by atoms with Crippen LogP contribution in [0.25, 0.3) is 0 Å². The third-order valence-corrected chi connectivity index (χ3v) is 3.10. The van der Waals surface area contributed by atoms with E-state index >= 15 is 0 Å². The number of nitrogens with two attached hydrogens (primary N) is 1. The van der Waals surface area contributed by atoms with Crippen LogP contribution in [0.4, 0.5) is 21.5 Å². The van der Waals surface area contributed by atoms with Crippen molar-refractivity contribution in [2.24, 2.45) is 0 Å². The van der Waals surface area contributed by atoms with Crippen LogP contribution >= 0.6 is 15.9 Å². The minimum absolute atomic E-state index is 0.290. The van der Waals surface area contributed by atoms with E-state index in [1.54, 1.807) is 6.07 Å².